The molecule has 0 aliphatic rings. The van der Waals surface area contributed by atoms with Crippen molar-refractivity contribution in [1.29, 1.82) is 0 Å². The zero-order valence-electron chi connectivity index (χ0n) is 10.8. The van der Waals surface area contributed by atoms with Crippen molar-refractivity contribution >= 4 is 0 Å². The van der Waals surface area contributed by atoms with E-state index < -0.39 is 0 Å². The van der Waals surface area contributed by atoms with E-state index in [1.165, 1.54) is 5.56 Å². The quantitative estimate of drug-likeness (QED) is 0.706. The van der Waals surface area contributed by atoms with Crippen LogP contribution in [0.4, 0.5) is 0 Å². The first-order valence-corrected chi connectivity index (χ1v) is 6.18. The van der Waals surface area contributed by atoms with Gasteiger partial charge in [0.2, 0.25) is 0 Å². The standard InChI is InChI=1S/C14H23NO2/c1-12(15)10-13-6-5-7-14(11-13)17-9-4-3-8-16-2/h5-7,11-12H,3-4,8-10,15H2,1-2H3. The van der Waals surface area contributed by atoms with Crippen molar-refractivity contribution in [2.24, 2.45) is 5.73 Å². The Morgan fingerprint density at radius 3 is 2.71 bits per heavy atom. The van der Waals surface area contributed by atoms with Crippen molar-refractivity contribution < 1.29 is 9.47 Å². The highest BCUT2D eigenvalue weighted by Crippen LogP contribution is 2.14. The normalized spacial score (nSPS) is 12.4. The number of hydrogen-bond donors (Lipinski definition) is 1. The van der Waals surface area contributed by atoms with Gasteiger partial charge in [-0.25, -0.2) is 0 Å². The summed E-state index contributed by atoms with van der Waals surface area (Å²) < 4.78 is 10.7. The Morgan fingerprint density at radius 1 is 1.24 bits per heavy atom. The van der Waals surface area contributed by atoms with Crippen LogP contribution in [0.2, 0.25) is 0 Å². The third-order valence-electron chi connectivity index (χ3n) is 2.47. The predicted molar refractivity (Wildman–Crippen MR) is 70.4 cm³/mol. The van der Waals surface area contributed by atoms with Crippen LogP contribution in [-0.2, 0) is 11.2 Å². The van der Waals surface area contributed by atoms with Gasteiger partial charge >= 0.3 is 0 Å². The van der Waals surface area contributed by atoms with Crippen LogP contribution in [0.15, 0.2) is 24.3 Å². The molecule has 0 amide bonds. The molecule has 2 N–H and O–H groups in total. The number of unbranched alkanes of at least 4 members (excludes halogenated alkanes) is 1. The van der Waals surface area contributed by atoms with Gasteiger partial charge in [0, 0.05) is 19.8 Å². The minimum Gasteiger partial charge on any atom is -0.494 e. The van der Waals surface area contributed by atoms with Crippen LogP contribution in [-0.4, -0.2) is 26.4 Å². The van der Waals surface area contributed by atoms with Crippen molar-refractivity contribution in [1.82, 2.24) is 0 Å². The highest BCUT2D eigenvalue weighted by molar-refractivity contribution is 5.28. The van der Waals surface area contributed by atoms with Gasteiger partial charge in [0.1, 0.15) is 5.75 Å². The van der Waals surface area contributed by atoms with Gasteiger partial charge in [-0.15, -0.1) is 0 Å². The second-order valence-corrected chi connectivity index (χ2v) is 4.38. The second-order valence-electron chi connectivity index (χ2n) is 4.38. The van der Waals surface area contributed by atoms with Crippen LogP contribution >= 0.6 is 0 Å². The number of hydrogen-bond acceptors (Lipinski definition) is 3. The van der Waals surface area contributed by atoms with Crippen LogP contribution < -0.4 is 10.5 Å². The first kappa shape index (κ1) is 14.0. The summed E-state index contributed by atoms with van der Waals surface area (Å²) in [5.41, 5.74) is 7.01. The van der Waals surface area contributed by atoms with E-state index in [0.29, 0.717) is 0 Å². The lowest BCUT2D eigenvalue weighted by atomic mass is 10.1. The summed E-state index contributed by atoms with van der Waals surface area (Å²) in [7, 11) is 1.72. The molecule has 1 rings (SSSR count). The molecule has 3 nitrogen and oxygen atoms in total. The molecule has 1 unspecified atom stereocenters. The molecule has 96 valence electrons. The van der Waals surface area contributed by atoms with E-state index in [1.54, 1.807) is 7.11 Å². The summed E-state index contributed by atoms with van der Waals surface area (Å²) in [4.78, 5) is 0. The molecule has 0 aromatic heterocycles. The third-order valence-corrected chi connectivity index (χ3v) is 2.47. The third kappa shape index (κ3) is 6.29. The Balaban J connectivity index is 2.32. The molecule has 0 fully saturated rings. The lowest BCUT2D eigenvalue weighted by Gasteiger charge is -2.09. The van der Waals surface area contributed by atoms with Gasteiger partial charge in [0.05, 0.1) is 6.61 Å². The minimum absolute atomic E-state index is 0.187. The molecule has 0 saturated carbocycles. The molecule has 0 saturated heterocycles. The van der Waals surface area contributed by atoms with Crippen LogP contribution in [0, 0.1) is 0 Å². The Morgan fingerprint density at radius 2 is 2.00 bits per heavy atom. The largest absolute Gasteiger partial charge is 0.494 e. The van der Waals surface area contributed by atoms with Crippen molar-refractivity contribution in [3.8, 4) is 5.75 Å². The molecule has 0 bridgehead atoms. The topological polar surface area (TPSA) is 44.5 Å². The summed E-state index contributed by atoms with van der Waals surface area (Å²) in [6.45, 7) is 3.55. The van der Waals surface area contributed by atoms with Crippen molar-refractivity contribution in [3.05, 3.63) is 29.8 Å². The summed E-state index contributed by atoms with van der Waals surface area (Å²) in [5.74, 6) is 0.931. The van der Waals surface area contributed by atoms with Gasteiger partial charge in [-0.1, -0.05) is 12.1 Å². The molecule has 0 heterocycles. The Hall–Kier alpha value is -1.06. The van der Waals surface area contributed by atoms with Gasteiger partial charge in [-0.05, 0) is 43.9 Å². The maximum absolute atomic E-state index is 5.77. The molecule has 1 aromatic rings. The fourth-order valence-corrected chi connectivity index (χ4v) is 1.67. The smallest absolute Gasteiger partial charge is 0.119 e. The number of ether oxygens (including phenoxy) is 2. The SMILES string of the molecule is COCCCCOc1cccc(CC(C)N)c1. The van der Waals surface area contributed by atoms with Gasteiger partial charge in [-0.2, -0.15) is 0 Å². The first-order chi connectivity index (χ1) is 8.22. The molecule has 0 aliphatic heterocycles. The molecule has 0 aliphatic carbocycles. The van der Waals surface area contributed by atoms with Crippen molar-refractivity contribution in [3.63, 3.8) is 0 Å². The fourth-order valence-electron chi connectivity index (χ4n) is 1.67. The van der Waals surface area contributed by atoms with Crippen LogP contribution in [0.25, 0.3) is 0 Å². The predicted octanol–water partition coefficient (Wildman–Crippen LogP) is 2.38. The van der Waals surface area contributed by atoms with Crippen molar-refractivity contribution in [2.45, 2.75) is 32.2 Å². The Labute approximate surface area is 104 Å². The highest BCUT2D eigenvalue weighted by Gasteiger charge is 2.00. The van der Waals surface area contributed by atoms with E-state index in [-0.39, 0.29) is 6.04 Å². The average Bonchev–Trinajstić information content (AvgIpc) is 2.28. The summed E-state index contributed by atoms with van der Waals surface area (Å²) in [5, 5.41) is 0. The molecule has 17 heavy (non-hydrogen) atoms. The molecule has 1 aromatic carbocycles. The zero-order chi connectivity index (χ0) is 12.5. The van der Waals surface area contributed by atoms with Crippen LogP contribution in [0.3, 0.4) is 0 Å². The number of nitrogens with two attached hydrogens (primary N) is 1. The van der Waals surface area contributed by atoms with E-state index in [1.807, 2.05) is 19.1 Å². The van der Waals surface area contributed by atoms with Gasteiger partial charge in [-0.3, -0.25) is 0 Å². The van der Waals surface area contributed by atoms with E-state index in [9.17, 15) is 0 Å². The van der Waals surface area contributed by atoms with Crippen molar-refractivity contribution in [2.75, 3.05) is 20.3 Å². The summed E-state index contributed by atoms with van der Waals surface area (Å²) >= 11 is 0. The lowest BCUT2D eigenvalue weighted by Crippen LogP contribution is -2.17. The first-order valence-electron chi connectivity index (χ1n) is 6.18. The molecular weight excluding hydrogens is 214 g/mol. The second kappa shape index (κ2) is 8.09. The van der Waals surface area contributed by atoms with E-state index in [2.05, 4.69) is 12.1 Å². The maximum atomic E-state index is 5.77. The van der Waals surface area contributed by atoms with Gasteiger partial charge in [0.15, 0.2) is 0 Å². The van der Waals surface area contributed by atoms with E-state index in [4.69, 9.17) is 15.2 Å². The fraction of sp³-hybridized carbons (Fsp3) is 0.571. The monoisotopic (exact) mass is 237 g/mol. The van der Waals surface area contributed by atoms with Gasteiger partial charge < -0.3 is 15.2 Å². The average molecular weight is 237 g/mol. The summed E-state index contributed by atoms with van der Waals surface area (Å²) in [6.07, 6.45) is 2.95. The van der Waals surface area contributed by atoms with Crippen LogP contribution in [0.5, 0.6) is 5.75 Å². The Bertz CT molecular complexity index is 313. The number of benzene rings is 1. The van der Waals surface area contributed by atoms with Crippen LogP contribution in [0.1, 0.15) is 25.3 Å². The van der Waals surface area contributed by atoms with E-state index >= 15 is 0 Å². The minimum atomic E-state index is 0.187. The number of methoxy groups -OCH3 is 1. The molecular formula is C14H23NO2. The lowest BCUT2D eigenvalue weighted by molar-refractivity contribution is 0.184. The van der Waals surface area contributed by atoms with E-state index in [0.717, 1.165) is 38.2 Å². The zero-order valence-corrected chi connectivity index (χ0v) is 10.8. The number of rotatable bonds is 8. The van der Waals surface area contributed by atoms with Gasteiger partial charge in [0.25, 0.3) is 0 Å². The Kier molecular flexibility index (Phi) is 6.67. The molecule has 1 atom stereocenters. The molecule has 3 heteroatoms. The summed E-state index contributed by atoms with van der Waals surface area (Å²) in [6, 6.07) is 8.34. The molecule has 0 radical (unpaired) electrons. The maximum Gasteiger partial charge on any atom is 0.119 e. The highest BCUT2D eigenvalue weighted by atomic mass is 16.5. The molecule has 0 spiro atoms.